The molecule has 0 atom stereocenters. The Hall–Kier alpha value is -2.89. The highest BCUT2D eigenvalue weighted by atomic mass is 19.1. The van der Waals surface area contributed by atoms with Crippen LogP contribution < -0.4 is 10.6 Å². The minimum absolute atomic E-state index is 0.0484. The van der Waals surface area contributed by atoms with Crippen LogP contribution in [-0.4, -0.2) is 25.5 Å². The van der Waals surface area contributed by atoms with Crippen molar-refractivity contribution in [2.24, 2.45) is 0 Å². The summed E-state index contributed by atoms with van der Waals surface area (Å²) in [6, 6.07) is 11.2. The van der Waals surface area contributed by atoms with Gasteiger partial charge in [-0.2, -0.15) is 0 Å². The van der Waals surface area contributed by atoms with Crippen molar-refractivity contribution in [3.63, 3.8) is 0 Å². The highest BCUT2D eigenvalue weighted by Crippen LogP contribution is 2.16. The van der Waals surface area contributed by atoms with Crippen LogP contribution >= 0.6 is 0 Å². The van der Waals surface area contributed by atoms with E-state index in [1.54, 1.807) is 44.3 Å². The van der Waals surface area contributed by atoms with E-state index in [9.17, 15) is 14.0 Å². The van der Waals surface area contributed by atoms with Gasteiger partial charge in [0.05, 0.1) is 11.3 Å². The zero-order chi connectivity index (χ0) is 16.8. The Morgan fingerprint density at radius 3 is 2.57 bits per heavy atom. The molecular formula is C17H17FN2O3. The number of nitrogens with one attached hydrogen (secondary N) is 2. The lowest BCUT2D eigenvalue weighted by atomic mass is 10.2. The molecule has 0 unspecified atom stereocenters. The Labute approximate surface area is 133 Å². The van der Waals surface area contributed by atoms with E-state index in [0.717, 1.165) is 5.56 Å². The van der Waals surface area contributed by atoms with Gasteiger partial charge in [0, 0.05) is 12.7 Å². The number of benzene rings is 2. The summed E-state index contributed by atoms with van der Waals surface area (Å²) in [4.78, 5) is 23.7. The molecule has 6 heteroatoms. The van der Waals surface area contributed by atoms with Crippen LogP contribution in [0.15, 0.2) is 42.5 Å². The summed E-state index contributed by atoms with van der Waals surface area (Å²) in [5.74, 6) is -1.78. The number of anilines is 2. The number of aryl methyl sites for hydroxylation is 1. The van der Waals surface area contributed by atoms with Gasteiger partial charge in [0.15, 0.2) is 6.61 Å². The van der Waals surface area contributed by atoms with Crippen molar-refractivity contribution < 1.29 is 18.7 Å². The van der Waals surface area contributed by atoms with Crippen molar-refractivity contribution in [2.75, 3.05) is 24.3 Å². The molecular weight excluding hydrogens is 299 g/mol. The van der Waals surface area contributed by atoms with E-state index < -0.39 is 24.3 Å². The van der Waals surface area contributed by atoms with Gasteiger partial charge >= 0.3 is 5.97 Å². The number of rotatable bonds is 5. The first-order valence-electron chi connectivity index (χ1n) is 7.01. The van der Waals surface area contributed by atoms with Gasteiger partial charge in [0.2, 0.25) is 0 Å². The minimum atomic E-state index is -0.630. The number of carbonyl (C=O) groups is 2. The van der Waals surface area contributed by atoms with E-state index in [0.29, 0.717) is 11.3 Å². The van der Waals surface area contributed by atoms with Crippen molar-refractivity contribution >= 4 is 23.3 Å². The highest BCUT2D eigenvalue weighted by Gasteiger charge is 2.14. The average Bonchev–Trinajstić information content (AvgIpc) is 2.55. The fraction of sp³-hybridized carbons (Fsp3) is 0.176. The summed E-state index contributed by atoms with van der Waals surface area (Å²) in [5, 5.41) is 5.23. The quantitative estimate of drug-likeness (QED) is 0.832. The third-order valence-corrected chi connectivity index (χ3v) is 3.15. The molecule has 1 amide bonds. The topological polar surface area (TPSA) is 67.4 Å². The van der Waals surface area contributed by atoms with Gasteiger partial charge in [-0.25, -0.2) is 9.18 Å². The molecule has 2 aromatic rings. The summed E-state index contributed by atoms with van der Waals surface area (Å²) in [6.45, 7) is 1.25. The fourth-order valence-corrected chi connectivity index (χ4v) is 2.00. The number of hydrogen-bond donors (Lipinski definition) is 2. The van der Waals surface area contributed by atoms with E-state index in [1.807, 2.05) is 0 Å². The van der Waals surface area contributed by atoms with E-state index in [-0.39, 0.29) is 5.69 Å². The van der Waals surface area contributed by atoms with Crippen LogP contribution in [0, 0.1) is 12.7 Å². The summed E-state index contributed by atoms with van der Waals surface area (Å²) in [5.41, 5.74) is 1.72. The lowest BCUT2D eigenvalue weighted by Gasteiger charge is -2.10. The smallest absolute Gasteiger partial charge is 0.340 e. The first-order valence-corrected chi connectivity index (χ1v) is 7.01. The molecule has 0 fully saturated rings. The maximum atomic E-state index is 13.6. The van der Waals surface area contributed by atoms with Crippen LogP contribution in [-0.2, 0) is 9.53 Å². The summed E-state index contributed by atoms with van der Waals surface area (Å²) in [7, 11) is 1.68. The third kappa shape index (κ3) is 4.29. The first-order chi connectivity index (χ1) is 11.0. The van der Waals surface area contributed by atoms with E-state index in [1.165, 1.54) is 12.1 Å². The molecule has 0 aromatic heterocycles. The second-order valence-corrected chi connectivity index (χ2v) is 4.90. The molecule has 0 saturated carbocycles. The first kappa shape index (κ1) is 16.5. The molecule has 0 bridgehead atoms. The van der Waals surface area contributed by atoms with Gasteiger partial charge in [-0.15, -0.1) is 0 Å². The molecule has 2 aromatic carbocycles. The van der Waals surface area contributed by atoms with Gasteiger partial charge in [-0.05, 0) is 36.8 Å². The van der Waals surface area contributed by atoms with Crippen LogP contribution in [0.3, 0.4) is 0 Å². The Morgan fingerprint density at radius 2 is 1.87 bits per heavy atom. The second-order valence-electron chi connectivity index (χ2n) is 4.90. The largest absolute Gasteiger partial charge is 0.452 e. The van der Waals surface area contributed by atoms with E-state index in [4.69, 9.17) is 4.74 Å². The van der Waals surface area contributed by atoms with Crippen LogP contribution in [0.2, 0.25) is 0 Å². The molecule has 0 heterocycles. The number of esters is 1. The molecule has 5 nitrogen and oxygen atoms in total. The predicted octanol–water partition coefficient (Wildman–Crippen LogP) is 2.97. The second kappa shape index (κ2) is 7.40. The highest BCUT2D eigenvalue weighted by molar-refractivity contribution is 5.98. The summed E-state index contributed by atoms with van der Waals surface area (Å²) < 4.78 is 18.6. The maximum Gasteiger partial charge on any atom is 0.340 e. The molecule has 0 saturated heterocycles. The van der Waals surface area contributed by atoms with Crippen molar-refractivity contribution in [3.05, 3.63) is 59.4 Å². The van der Waals surface area contributed by atoms with Gasteiger partial charge in [-0.1, -0.05) is 18.2 Å². The lowest BCUT2D eigenvalue weighted by Crippen LogP contribution is -2.21. The molecule has 23 heavy (non-hydrogen) atoms. The molecule has 2 rings (SSSR count). The van der Waals surface area contributed by atoms with Crippen molar-refractivity contribution in [2.45, 2.75) is 6.92 Å². The normalized spacial score (nSPS) is 10.0. The SMILES string of the molecule is CNc1ccccc1C(=O)OCC(=O)Nc1ccc(C)cc1F. The Balaban J connectivity index is 1.95. The number of halogens is 1. The minimum Gasteiger partial charge on any atom is -0.452 e. The molecule has 0 spiro atoms. The summed E-state index contributed by atoms with van der Waals surface area (Å²) >= 11 is 0. The predicted molar refractivity (Wildman–Crippen MR) is 86.0 cm³/mol. The number of carbonyl (C=O) groups excluding carboxylic acids is 2. The zero-order valence-corrected chi connectivity index (χ0v) is 12.9. The molecule has 2 N–H and O–H groups in total. The van der Waals surface area contributed by atoms with Crippen molar-refractivity contribution in [1.29, 1.82) is 0 Å². The molecule has 0 aliphatic carbocycles. The van der Waals surface area contributed by atoms with Gasteiger partial charge in [0.25, 0.3) is 5.91 Å². The Bertz CT molecular complexity index is 732. The number of para-hydroxylation sites is 1. The molecule has 0 aliphatic heterocycles. The van der Waals surface area contributed by atoms with Gasteiger partial charge in [0.1, 0.15) is 5.82 Å². The standard InChI is InChI=1S/C17H17FN2O3/c1-11-7-8-15(13(18)9-11)20-16(21)10-23-17(22)12-5-3-4-6-14(12)19-2/h3-9,19H,10H2,1-2H3,(H,20,21). The molecule has 0 radical (unpaired) electrons. The van der Waals surface area contributed by atoms with Crippen molar-refractivity contribution in [1.82, 2.24) is 0 Å². The van der Waals surface area contributed by atoms with Crippen LogP contribution in [0.1, 0.15) is 15.9 Å². The van der Waals surface area contributed by atoms with Crippen LogP contribution in [0.4, 0.5) is 15.8 Å². The maximum absolute atomic E-state index is 13.6. The lowest BCUT2D eigenvalue weighted by molar-refractivity contribution is -0.119. The van der Waals surface area contributed by atoms with Crippen LogP contribution in [0.5, 0.6) is 0 Å². The van der Waals surface area contributed by atoms with E-state index in [2.05, 4.69) is 10.6 Å². The Morgan fingerprint density at radius 1 is 1.13 bits per heavy atom. The Kier molecular flexibility index (Phi) is 5.30. The van der Waals surface area contributed by atoms with Gasteiger partial charge < -0.3 is 15.4 Å². The van der Waals surface area contributed by atoms with Crippen molar-refractivity contribution in [3.8, 4) is 0 Å². The summed E-state index contributed by atoms with van der Waals surface area (Å²) in [6.07, 6.45) is 0. The molecule has 0 aliphatic rings. The van der Waals surface area contributed by atoms with E-state index >= 15 is 0 Å². The monoisotopic (exact) mass is 316 g/mol. The zero-order valence-electron chi connectivity index (χ0n) is 12.9. The number of amides is 1. The fourth-order valence-electron chi connectivity index (χ4n) is 2.00. The van der Waals surface area contributed by atoms with Gasteiger partial charge in [-0.3, -0.25) is 4.79 Å². The average molecular weight is 316 g/mol. The number of hydrogen-bond acceptors (Lipinski definition) is 4. The number of ether oxygens (including phenoxy) is 1. The third-order valence-electron chi connectivity index (χ3n) is 3.15. The molecule has 120 valence electrons. The van der Waals surface area contributed by atoms with Crippen LogP contribution in [0.25, 0.3) is 0 Å².